The summed E-state index contributed by atoms with van der Waals surface area (Å²) in [5, 5.41) is 0. The van der Waals surface area contributed by atoms with Crippen molar-refractivity contribution < 1.29 is 34.0 Å². The zero-order valence-corrected chi connectivity index (χ0v) is 19.8. The summed E-state index contributed by atoms with van der Waals surface area (Å²) in [6.07, 6.45) is 13.4. The Bertz CT molecular complexity index is 746. The molecule has 0 spiro atoms. The van der Waals surface area contributed by atoms with E-state index in [0.29, 0.717) is 6.42 Å². The van der Waals surface area contributed by atoms with Gasteiger partial charge in [0.05, 0.1) is 7.95 Å². The highest BCUT2D eigenvalue weighted by atomic mass is 31.3. The van der Waals surface area contributed by atoms with Crippen molar-refractivity contribution in [3.8, 4) is 0 Å². The molecule has 1 unspecified atom stereocenters. The Morgan fingerprint density at radius 3 is 1.62 bits per heavy atom. The van der Waals surface area contributed by atoms with Gasteiger partial charge in [-0.05, 0) is 73.1 Å². The quantitative estimate of drug-likeness (QED) is 0.208. The number of phosphoric ester groups is 1. The smallest absolute Gasteiger partial charge is 0.302 e. The molecule has 0 amide bonds. The highest BCUT2D eigenvalue weighted by molar-refractivity contribution is 7.60. The van der Waals surface area contributed by atoms with Gasteiger partial charge in [0.25, 0.3) is 0 Å². The van der Waals surface area contributed by atoms with Crippen LogP contribution in [0.3, 0.4) is 0 Å². The van der Waals surface area contributed by atoms with E-state index in [2.05, 4.69) is 54.8 Å². The molecule has 0 aromatic carbocycles. The lowest BCUT2D eigenvalue weighted by atomic mass is 10.0. The third kappa shape index (κ3) is 19.0. The SMILES string of the molecule is [2H][C@H](/C=C(\C)CC/C=C(\C)CC/C=C(\C)CCC=C(C)C)OP(=O)(O)OP(=O)(O)O. The molecule has 9 heteroatoms. The first kappa shape index (κ1) is 26.3. The van der Waals surface area contributed by atoms with Gasteiger partial charge in [-0.1, -0.05) is 46.6 Å². The van der Waals surface area contributed by atoms with Crippen molar-refractivity contribution in [2.24, 2.45) is 0 Å². The van der Waals surface area contributed by atoms with Gasteiger partial charge in [-0.25, -0.2) is 9.13 Å². The van der Waals surface area contributed by atoms with Gasteiger partial charge in [-0.2, -0.15) is 4.31 Å². The molecule has 0 saturated heterocycles. The van der Waals surface area contributed by atoms with Crippen molar-refractivity contribution in [1.82, 2.24) is 0 Å². The van der Waals surface area contributed by atoms with Crippen molar-refractivity contribution in [1.29, 1.82) is 0 Å². The van der Waals surface area contributed by atoms with Gasteiger partial charge in [0.2, 0.25) is 0 Å². The van der Waals surface area contributed by atoms with Gasteiger partial charge >= 0.3 is 15.6 Å². The summed E-state index contributed by atoms with van der Waals surface area (Å²) in [7, 11) is -10.2. The van der Waals surface area contributed by atoms with Crippen molar-refractivity contribution >= 4 is 15.6 Å². The average molecular weight is 451 g/mol. The Balaban J connectivity index is 4.38. The van der Waals surface area contributed by atoms with Crippen LogP contribution in [0, 0.1) is 0 Å². The van der Waals surface area contributed by atoms with Crippen molar-refractivity contribution in [3.63, 3.8) is 0 Å². The monoisotopic (exact) mass is 451 g/mol. The molecule has 0 bridgehead atoms. The normalized spacial score (nSPS) is 17.5. The van der Waals surface area contributed by atoms with Gasteiger partial charge in [-0.3, -0.25) is 4.52 Å². The van der Waals surface area contributed by atoms with E-state index in [1.165, 1.54) is 22.8 Å². The van der Waals surface area contributed by atoms with Crippen LogP contribution in [-0.2, 0) is 18.0 Å². The molecule has 0 aliphatic carbocycles. The summed E-state index contributed by atoms with van der Waals surface area (Å²) < 4.78 is 37.7. The van der Waals surface area contributed by atoms with Gasteiger partial charge in [-0.15, -0.1) is 0 Å². The second kappa shape index (κ2) is 14.3. The summed E-state index contributed by atoms with van der Waals surface area (Å²) in [6, 6.07) is 0. The summed E-state index contributed by atoms with van der Waals surface area (Å²) >= 11 is 0. The summed E-state index contributed by atoms with van der Waals surface area (Å²) in [4.78, 5) is 26.3. The van der Waals surface area contributed by atoms with Crippen LogP contribution in [0.25, 0.3) is 0 Å². The van der Waals surface area contributed by atoms with Crippen LogP contribution in [0.2, 0.25) is 0 Å². The Morgan fingerprint density at radius 2 is 1.21 bits per heavy atom. The number of phosphoric acid groups is 2. The Morgan fingerprint density at radius 1 is 0.793 bits per heavy atom. The van der Waals surface area contributed by atoms with Crippen LogP contribution in [0.15, 0.2) is 46.6 Å². The Labute approximate surface area is 176 Å². The van der Waals surface area contributed by atoms with E-state index in [1.807, 2.05) is 0 Å². The van der Waals surface area contributed by atoms with Crippen LogP contribution >= 0.6 is 15.6 Å². The van der Waals surface area contributed by atoms with E-state index in [-0.39, 0.29) is 0 Å². The third-order valence-electron chi connectivity index (χ3n) is 3.91. The second-order valence-corrected chi connectivity index (χ2v) is 10.1. The highest BCUT2D eigenvalue weighted by Gasteiger charge is 2.31. The lowest BCUT2D eigenvalue weighted by Gasteiger charge is -2.11. The lowest BCUT2D eigenvalue weighted by molar-refractivity contribution is 0.191. The largest absolute Gasteiger partial charge is 0.481 e. The van der Waals surface area contributed by atoms with Gasteiger partial charge < -0.3 is 14.7 Å². The molecule has 3 N–H and O–H groups in total. The van der Waals surface area contributed by atoms with Crippen LogP contribution in [0.1, 0.15) is 74.5 Å². The minimum atomic E-state index is -5.19. The van der Waals surface area contributed by atoms with Crippen molar-refractivity contribution in [3.05, 3.63) is 46.6 Å². The van der Waals surface area contributed by atoms with Crippen molar-refractivity contribution in [2.75, 3.05) is 6.58 Å². The third-order valence-corrected chi connectivity index (χ3v) is 5.97. The highest BCUT2D eigenvalue weighted by Crippen LogP contribution is 2.57. The van der Waals surface area contributed by atoms with Crippen LogP contribution in [-0.4, -0.2) is 21.3 Å². The minimum Gasteiger partial charge on any atom is -0.302 e. The lowest BCUT2D eigenvalue weighted by Crippen LogP contribution is -1.94. The van der Waals surface area contributed by atoms with E-state index in [4.69, 9.17) is 11.2 Å². The maximum atomic E-state index is 11.4. The summed E-state index contributed by atoms with van der Waals surface area (Å²) in [5.74, 6) is 0. The zero-order chi connectivity index (χ0) is 23.4. The molecule has 0 rings (SSSR count). The van der Waals surface area contributed by atoms with E-state index in [9.17, 15) is 14.0 Å². The molecule has 0 aromatic rings. The van der Waals surface area contributed by atoms with E-state index < -0.39 is 22.2 Å². The summed E-state index contributed by atoms with van der Waals surface area (Å²) in [6.45, 7) is 8.61. The standard InChI is InChI=1S/C20H36O7P2/c1-17(2)9-6-10-18(3)11-7-12-19(4)13-8-14-20(5)15-16-26-29(24,25)27-28(21,22)23/h9,11,13,15H,6-8,10,12,14,16H2,1-5H3,(H,24,25)(H2,21,22,23)/b18-11+,19-13+,20-15+/i16D/t16-/m1/s1. The molecule has 0 fully saturated rings. The average Bonchev–Trinajstić information content (AvgIpc) is 2.51. The summed E-state index contributed by atoms with van der Waals surface area (Å²) in [5.41, 5.74) is 4.76. The molecule has 7 nitrogen and oxygen atoms in total. The minimum absolute atomic E-state index is 0.628. The van der Waals surface area contributed by atoms with Crippen molar-refractivity contribution in [2.45, 2.75) is 73.1 Å². The molecule has 0 aliphatic heterocycles. The van der Waals surface area contributed by atoms with Gasteiger partial charge in [0.15, 0.2) is 0 Å². The molecular weight excluding hydrogens is 414 g/mol. The number of rotatable bonds is 14. The zero-order valence-electron chi connectivity index (χ0n) is 19.0. The fraction of sp³-hybridized carbons (Fsp3) is 0.600. The first-order valence-electron chi connectivity index (χ1n) is 10.1. The van der Waals surface area contributed by atoms with Crippen LogP contribution in [0.5, 0.6) is 0 Å². The van der Waals surface area contributed by atoms with Gasteiger partial charge in [0, 0.05) is 0 Å². The maximum absolute atomic E-state index is 11.4. The predicted molar refractivity (Wildman–Crippen MR) is 117 cm³/mol. The molecule has 0 heterocycles. The predicted octanol–water partition coefficient (Wildman–Crippen LogP) is 6.36. The Kier molecular flexibility index (Phi) is 12.9. The molecule has 0 radical (unpaired) electrons. The van der Waals surface area contributed by atoms with E-state index >= 15 is 0 Å². The topological polar surface area (TPSA) is 113 Å². The van der Waals surface area contributed by atoms with Crippen LogP contribution in [0.4, 0.5) is 0 Å². The van der Waals surface area contributed by atoms with Gasteiger partial charge in [0.1, 0.15) is 0 Å². The second-order valence-electron chi connectivity index (χ2n) is 7.29. The molecule has 168 valence electrons. The number of allylic oxidation sites excluding steroid dienone is 7. The molecule has 29 heavy (non-hydrogen) atoms. The molecule has 0 aromatic heterocycles. The first-order chi connectivity index (χ1) is 13.7. The number of hydrogen-bond acceptors (Lipinski definition) is 4. The first-order valence-corrected chi connectivity index (χ1v) is 12.5. The maximum Gasteiger partial charge on any atom is 0.481 e. The van der Waals surface area contributed by atoms with E-state index in [1.54, 1.807) is 6.92 Å². The molecular formula is C20H36O7P2. The molecule has 0 aliphatic rings. The Hall–Kier alpha value is -0.780. The fourth-order valence-corrected chi connectivity index (χ4v) is 3.79. The van der Waals surface area contributed by atoms with E-state index in [0.717, 1.165) is 37.7 Å². The van der Waals surface area contributed by atoms with Crippen LogP contribution < -0.4 is 0 Å². The number of hydrogen-bond donors (Lipinski definition) is 3. The molecule has 0 saturated carbocycles. The fourth-order valence-electron chi connectivity index (χ4n) is 2.35. The molecule has 2 atom stereocenters.